The van der Waals surface area contributed by atoms with E-state index in [4.69, 9.17) is 16.0 Å². The molecule has 0 spiro atoms. The number of rotatable bonds is 5. The van der Waals surface area contributed by atoms with Crippen LogP contribution in [0.5, 0.6) is 0 Å². The van der Waals surface area contributed by atoms with Gasteiger partial charge in [-0.25, -0.2) is 0 Å². The first-order chi connectivity index (χ1) is 9.60. The molecule has 0 saturated carbocycles. The second-order valence-corrected chi connectivity index (χ2v) is 5.25. The first kappa shape index (κ1) is 14.6. The number of aliphatic hydroxyl groups is 1. The average molecular weight is 281 g/mol. The minimum atomic E-state index is 0.0957. The third kappa shape index (κ3) is 2.58. The van der Waals surface area contributed by atoms with E-state index in [1.807, 2.05) is 14.0 Å². The second kappa shape index (κ2) is 6.13. The van der Waals surface area contributed by atoms with Gasteiger partial charge in [-0.1, -0.05) is 5.16 Å². The zero-order valence-electron chi connectivity index (χ0n) is 12.1. The molecule has 4 N–H and O–H groups in total. The summed E-state index contributed by atoms with van der Waals surface area (Å²) in [7, 11) is 1.87. The number of anilines is 1. The molecule has 0 radical (unpaired) electrons. The Hall–Kier alpha value is -1.76. The molecule has 112 valence electrons. The molecule has 1 unspecified atom stereocenters. The molecule has 20 heavy (non-hydrogen) atoms. The van der Waals surface area contributed by atoms with Crippen molar-refractivity contribution >= 4 is 11.7 Å². The minimum Gasteiger partial charge on any atom is -0.409 e. The first-order valence-corrected chi connectivity index (χ1v) is 6.99. The highest BCUT2D eigenvalue weighted by atomic mass is 16.4. The third-order valence-electron chi connectivity index (χ3n) is 3.90. The number of nitrogens with zero attached hydrogens (tertiary/aromatic N) is 4. The Balaban J connectivity index is 2.36. The summed E-state index contributed by atoms with van der Waals surface area (Å²) in [4.78, 5) is 2.27. The van der Waals surface area contributed by atoms with Gasteiger partial charge in [0.25, 0.3) is 0 Å². The maximum absolute atomic E-state index is 9.01. The second-order valence-electron chi connectivity index (χ2n) is 5.25. The molecular formula is C13H23N5O2. The SMILES string of the molecule is Cc1nn(C)c(N2CCCC2CCCO)c1C(N)=NO. The topological polar surface area (TPSA) is 99.9 Å². The van der Waals surface area contributed by atoms with Gasteiger partial charge in [0, 0.05) is 26.2 Å². The highest BCUT2D eigenvalue weighted by molar-refractivity contribution is 6.02. The summed E-state index contributed by atoms with van der Waals surface area (Å²) in [5.41, 5.74) is 7.26. The van der Waals surface area contributed by atoms with E-state index in [0.29, 0.717) is 11.6 Å². The molecule has 0 bridgehead atoms. The Labute approximate surface area is 118 Å². The van der Waals surface area contributed by atoms with Gasteiger partial charge in [0.05, 0.1) is 11.3 Å². The number of oxime groups is 1. The van der Waals surface area contributed by atoms with Gasteiger partial charge < -0.3 is 20.9 Å². The lowest BCUT2D eigenvalue weighted by atomic mass is 10.1. The number of amidine groups is 1. The Morgan fingerprint density at radius 2 is 2.30 bits per heavy atom. The molecule has 1 fully saturated rings. The summed E-state index contributed by atoms with van der Waals surface area (Å²) in [6, 6.07) is 0.377. The highest BCUT2D eigenvalue weighted by Crippen LogP contribution is 2.31. The number of aromatic nitrogens is 2. The van der Waals surface area contributed by atoms with Crippen LogP contribution >= 0.6 is 0 Å². The van der Waals surface area contributed by atoms with Crippen LogP contribution in [0.2, 0.25) is 0 Å². The van der Waals surface area contributed by atoms with E-state index in [1.54, 1.807) is 4.68 Å². The molecule has 7 heteroatoms. The molecule has 1 saturated heterocycles. The van der Waals surface area contributed by atoms with Crippen molar-refractivity contribution in [2.24, 2.45) is 17.9 Å². The standard InChI is InChI=1S/C13H23N5O2/c1-9-11(12(14)16-20)13(17(2)15-9)18-7-3-5-10(18)6-4-8-19/h10,19-20H,3-8H2,1-2H3,(H2,14,16). The summed E-state index contributed by atoms with van der Waals surface area (Å²) < 4.78 is 1.79. The van der Waals surface area contributed by atoms with Crippen molar-refractivity contribution in [2.45, 2.75) is 38.6 Å². The molecule has 0 amide bonds. The van der Waals surface area contributed by atoms with E-state index in [-0.39, 0.29) is 12.4 Å². The number of hydrogen-bond acceptors (Lipinski definition) is 5. The van der Waals surface area contributed by atoms with E-state index in [2.05, 4.69) is 15.2 Å². The predicted octanol–water partition coefficient (Wildman–Crippen LogP) is 0.564. The fraction of sp³-hybridized carbons (Fsp3) is 0.692. The molecule has 1 aliphatic heterocycles. The molecule has 0 aromatic carbocycles. The number of aryl methyl sites for hydroxylation is 2. The summed E-state index contributed by atoms with van der Waals surface area (Å²) in [5.74, 6) is 0.997. The molecule has 2 rings (SSSR count). The Morgan fingerprint density at radius 1 is 1.55 bits per heavy atom. The molecule has 7 nitrogen and oxygen atoms in total. The minimum absolute atomic E-state index is 0.0957. The number of aliphatic hydroxyl groups excluding tert-OH is 1. The lowest BCUT2D eigenvalue weighted by Gasteiger charge is -2.27. The lowest BCUT2D eigenvalue weighted by Crippen LogP contribution is -2.33. The number of hydrogen-bond donors (Lipinski definition) is 3. The third-order valence-corrected chi connectivity index (χ3v) is 3.90. The largest absolute Gasteiger partial charge is 0.409 e. The fourth-order valence-corrected chi connectivity index (χ4v) is 3.07. The lowest BCUT2D eigenvalue weighted by molar-refractivity contribution is 0.279. The van der Waals surface area contributed by atoms with Crippen LogP contribution in [0.4, 0.5) is 5.82 Å². The monoisotopic (exact) mass is 281 g/mol. The van der Waals surface area contributed by atoms with Crippen molar-refractivity contribution < 1.29 is 10.3 Å². The van der Waals surface area contributed by atoms with E-state index in [0.717, 1.165) is 43.7 Å². The van der Waals surface area contributed by atoms with E-state index >= 15 is 0 Å². The van der Waals surface area contributed by atoms with Gasteiger partial charge in [-0.3, -0.25) is 4.68 Å². The highest BCUT2D eigenvalue weighted by Gasteiger charge is 2.30. The molecular weight excluding hydrogens is 258 g/mol. The van der Waals surface area contributed by atoms with Gasteiger partial charge in [-0.2, -0.15) is 5.10 Å². The van der Waals surface area contributed by atoms with Crippen LogP contribution in [0.15, 0.2) is 5.16 Å². The maximum Gasteiger partial charge on any atom is 0.175 e. The normalized spacial score (nSPS) is 19.9. The maximum atomic E-state index is 9.01. The van der Waals surface area contributed by atoms with Crippen molar-refractivity contribution in [1.29, 1.82) is 0 Å². The van der Waals surface area contributed by atoms with Crippen molar-refractivity contribution in [3.63, 3.8) is 0 Å². The van der Waals surface area contributed by atoms with Gasteiger partial charge in [0.1, 0.15) is 5.82 Å². The molecule has 1 aromatic heterocycles. The van der Waals surface area contributed by atoms with Crippen LogP contribution in [0.25, 0.3) is 0 Å². The van der Waals surface area contributed by atoms with Crippen molar-refractivity contribution in [3.05, 3.63) is 11.3 Å². The first-order valence-electron chi connectivity index (χ1n) is 6.99. The summed E-state index contributed by atoms with van der Waals surface area (Å²) in [5, 5.41) is 25.5. The van der Waals surface area contributed by atoms with Crippen LogP contribution in [0.1, 0.15) is 36.9 Å². The van der Waals surface area contributed by atoms with Crippen LogP contribution in [-0.4, -0.2) is 45.1 Å². The quantitative estimate of drug-likeness (QED) is 0.317. The van der Waals surface area contributed by atoms with Crippen LogP contribution < -0.4 is 10.6 Å². The molecule has 0 aliphatic carbocycles. The summed E-state index contributed by atoms with van der Waals surface area (Å²) in [6.45, 7) is 3.00. The smallest absolute Gasteiger partial charge is 0.175 e. The van der Waals surface area contributed by atoms with Crippen molar-refractivity contribution in [3.8, 4) is 0 Å². The Morgan fingerprint density at radius 3 is 2.95 bits per heavy atom. The Bertz CT molecular complexity index is 497. The molecule has 2 heterocycles. The van der Waals surface area contributed by atoms with Crippen molar-refractivity contribution in [1.82, 2.24) is 9.78 Å². The van der Waals surface area contributed by atoms with E-state index in [1.165, 1.54) is 0 Å². The van der Waals surface area contributed by atoms with Crippen LogP contribution in [-0.2, 0) is 7.05 Å². The molecule has 1 aromatic rings. The van der Waals surface area contributed by atoms with Gasteiger partial charge >= 0.3 is 0 Å². The molecule has 1 aliphatic rings. The van der Waals surface area contributed by atoms with Crippen LogP contribution in [0, 0.1) is 6.92 Å². The Kier molecular flexibility index (Phi) is 4.49. The van der Waals surface area contributed by atoms with Crippen molar-refractivity contribution in [2.75, 3.05) is 18.1 Å². The predicted molar refractivity (Wildman–Crippen MR) is 77.1 cm³/mol. The molecule has 1 atom stereocenters. The van der Waals surface area contributed by atoms with Gasteiger partial charge in [0.15, 0.2) is 5.84 Å². The average Bonchev–Trinajstić information content (AvgIpc) is 2.99. The zero-order chi connectivity index (χ0) is 14.7. The summed E-state index contributed by atoms with van der Waals surface area (Å²) >= 11 is 0. The zero-order valence-corrected chi connectivity index (χ0v) is 12.1. The van der Waals surface area contributed by atoms with Gasteiger partial charge in [0.2, 0.25) is 0 Å². The van der Waals surface area contributed by atoms with Crippen LogP contribution in [0.3, 0.4) is 0 Å². The van der Waals surface area contributed by atoms with Gasteiger partial charge in [-0.15, -0.1) is 0 Å². The van der Waals surface area contributed by atoms with E-state index in [9.17, 15) is 0 Å². The van der Waals surface area contributed by atoms with Gasteiger partial charge in [-0.05, 0) is 32.6 Å². The van der Waals surface area contributed by atoms with E-state index < -0.39 is 0 Å². The summed E-state index contributed by atoms with van der Waals surface area (Å²) in [6.07, 6.45) is 3.93. The number of nitrogens with two attached hydrogens (primary N) is 1. The fourth-order valence-electron chi connectivity index (χ4n) is 3.07.